The first kappa shape index (κ1) is 16.0. The minimum Gasteiger partial charge on any atom is -0.308 e. The van der Waals surface area contributed by atoms with Gasteiger partial charge < -0.3 is 10.6 Å². The predicted molar refractivity (Wildman–Crippen MR) is 84.8 cm³/mol. The number of carbonyl (C=O) groups excluding carboxylic acids is 1. The van der Waals surface area contributed by atoms with Crippen molar-refractivity contribution in [2.75, 3.05) is 10.6 Å². The van der Waals surface area contributed by atoms with Crippen molar-refractivity contribution >= 4 is 27.5 Å². The summed E-state index contributed by atoms with van der Waals surface area (Å²) in [6, 6.07) is 10.4. The molecule has 3 N–H and O–H groups in total. The van der Waals surface area contributed by atoms with E-state index < -0.39 is 16.1 Å². The molecule has 2 amide bonds. The van der Waals surface area contributed by atoms with E-state index in [1.807, 2.05) is 26.0 Å². The molecule has 7 heteroatoms. The minimum atomic E-state index is -4.30. The lowest BCUT2D eigenvalue weighted by atomic mass is 10.1. The van der Waals surface area contributed by atoms with Gasteiger partial charge in [-0.1, -0.05) is 12.1 Å². The Morgan fingerprint density at radius 1 is 0.955 bits per heavy atom. The van der Waals surface area contributed by atoms with Crippen molar-refractivity contribution in [2.24, 2.45) is 0 Å². The van der Waals surface area contributed by atoms with Crippen molar-refractivity contribution in [3.05, 3.63) is 53.6 Å². The molecule has 0 atom stereocenters. The molecule has 116 valence electrons. The first-order valence-electron chi connectivity index (χ1n) is 6.48. The molecule has 0 aromatic heterocycles. The number of anilines is 2. The zero-order valence-corrected chi connectivity index (χ0v) is 12.9. The number of aryl methyl sites for hydroxylation is 2. The second kappa shape index (κ2) is 6.17. The second-order valence-electron chi connectivity index (χ2n) is 4.88. The lowest BCUT2D eigenvalue weighted by Crippen LogP contribution is -2.19. The van der Waals surface area contributed by atoms with Crippen LogP contribution >= 0.6 is 0 Å². The van der Waals surface area contributed by atoms with Gasteiger partial charge in [0.15, 0.2) is 0 Å². The van der Waals surface area contributed by atoms with Crippen molar-refractivity contribution in [1.29, 1.82) is 0 Å². The quantitative estimate of drug-likeness (QED) is 0.757. The molecule has 0 fully saturated rings. The van der Waals surface area contributed by atoms with E-state index in [9.17, 15) is 13.2 Å². The number of amides is 2. The Bertz CT molecular complexity index is 816. The third kappa shape index (κ3) is 4.06. The molecule has 0 saturated carbocycles. The third-order valence-electron chi connectivity index (χ3n) is 3.15. The molecule has 2 aromatic carbocycles. The molecule has 2 rings (SSSR count). The van der Waals surface area contributed by atoms with Gasteiger partial charge in [0.2, 0.25) is 0 Å². The SMILES string of the molecule is Cc1ccc(NC(=O)Nc2cccc(S(=O)(=O)O)c2)cc1C. The molecule has 0 spiro atoms. The van der Waals surface area contributed by atoms with Crippen LogP contribution in [0.2, 0.25) is 0 Å². The Morgan fingerprint density at radius 2 is 1.59 bits per heavy atom. The van der Waals surface area contributed by atoms with Crippen molar-refractivity contribution in [3.63, 3.8) is 0 Å². The summed E-state index contributed by atoms with van der Waals surface area (Å²) in [6.07, 6.45) is 0. The van der Waals surface area contributed by atoms with Gasteiger partial charge in [-0.2, -0.15) is 8.42 Å². The number of rotatable bonds is 3. The van der Waals surface area contributed by atoms with E-state index in [1.165, 1.54) is 24.3 Å². The van der Waals surface area contributed by atoms with Crippen LogP contribution in [0.4, 0.5) is 16.2 Å². The number of carbonyl (C=O) groups is 1. The average Bonchev–Trinajstić information content (AvgIpc) is 2.42. The number of hydrogen-bond acceptors (Lipinski definition) is 3. The van der Waals surface area contributed by atoms with Crippen LogP contribution in [0.25, 0.3) is 0 Å². The largest absolute Gasteiger partial charge is 0.323 e. The van der Waals surface area contributed by atoms with Crippen LogP contribution in [0, 0.1) is 13.8 Å². The molecule has 0 aliphatic rings. The van der Waals surface area contributed by atoms with E-state index in [0.29, 0.717) is 5.69 Å². The highest BCUT2D eigenvalue weighted by Gasteiger charge is 2.11. The molecule has 0 aliphatic carbocycles. The average molecular weight is 320 g/mol. The van der Waals surface area contributed by atoms with Crippen LogP contribution in [0.15, 0.2) is 47.4 Å². The summed E-state index contributed by atoms with van der Waals surface area (Å²) in [5.74, 6) is 0. The first-order chi connectivity index (χ1) is 10.3. The van der Waals surface area contributed by atoms with Gasteiger partial charge >= 0.3 is 6.03 Å². The van der Waals surface area contributed by atoms with E-state index in [1.54, 1.807) is 6.07 Å². The van der Waals surface area contributed by atoms with Crippen LogP contribution in [0.3, 0.4) is 0 Å². The monoisotopic (exact) mass is 320 g/mol. The van der Waals surface area contributed by atoms with Crippen LogP contribution in [-0.2, 0) is 10.1 Å². The standard InChI is InChI=1S/C15H16N2O4S/c1-10-6-7-13(8-11(10)2)17-15(18)16-12-4-3-5-14(9-12)22(19,20)21/h3-9H,1-2H3,(H2,16,17,18)(H,19,20,21). The predicted octanol–water partition coefficient (Wildman–Crippen LogP) is 3.19. The molecule has 0 radical (unpaired) electrons. The topological polar surface area (TPSA) is 95.5 Å². The zero-order valence-electron chi connectivity index (χ0n) is 12.1. The van der Waals surface area contributed by atoms with Gasteiger partial charge in [-0.15, -0.1) is 0 Å². The number of hydrogen-bond donors (Lipinski definition) is 3. The van der Waals surface area contributed by atoms with Crippen molar-refractivity contribution in [2.45, 2.75) is 18.7 Å². The molecule has 0 heterocycles. The first-order valence-corrected chi connectivity index (χ1v) is 7.92. The highest BCUT2D eigenvalue weighted by molar-refractivity contribution is 7.85. The van der Waals surface area contributed by atoms with Gasteiger partial charge in [0.05, 0.1) is 4.90 Å². The van der Waals surface area contributed by atoms with E-state index in [4.69, 9.17) is 4.55 Å². The van der Waals surface area contributed by atoms with Gasteiger partial charge in [-0.05, 0) is 55.3 Å². The normalized spacial score (nSPS) is 11.0. The van der Waals surface area contributed by atoms with E-state index in [2.05, 4.69) is 10.6 Å². The molecule has 0 unspecified atom stereocenters. The molecule has 0 aliphatic heterocycles. The van der Waals surface area contributed by atoms with Gasteiger partial charge in [-0.3, -0.25) is 4.55 Å². The van der Waals surface area contributed by atoms with E-state index in [0.717, 1.165) is 11.1 Å². The summed E-state index contributed by atoms with van der Waals surface area (Å²) in [5.41, 5.74) is 3.06. The Balaban J connectivity index is 2.10. The van der Waals surface area contributed by atoms with Crippen molar-refractivity contribution in [3.8, 4) is 0 Å². The summed E-state index contributed by atoms with van der Waals surface area (Å²) in [7, 11) is -4.30. The fraction of sp³-hybridized carbons (Fsp3) is 0.133. The number of benzene rings is 2. The number of nitrogens with one attached hydrogen (secondary N) is 2. The van der Waals surface area contributed by atoms with Gasteiger partial charge in [0.1, 0.15) is 0 Å². The summed E-state index contributed by atoms with van der Waals surface area (Å²) in [6.45, 7) is 3.91. The molecular weight excluding hydrogens is 304 g/mol. The number of urea groups is 1. The van der Waals surface area contributed by atoms with Crippen LogP contribution in [0.5, 0.6) is 0 Å². The Kier molecular flexibility index (Phi) is 4.48. The molecular formula is C15H16N2O4S. The molecule has 0 saturated heterocycles. The van der Waals surface area contributed by atoms with Crippen LogP contribution < -0.4 is 10.6 Å². The lowest BCUT2D eigenvalue weighted by Gasteiger charge is -2.10. The van der Waals surface area contributed by atoms with E-state index in [-0.39, 0.29) is 10.6 Å². The fourth-order valence-electron chi connectivity index (χ4n) is 1.85. The highest BCUT2D eigenvalue weighted by atomic mass is 32.2. The summed E-state index contributed by atoms with van der Waals surface area (Å²) >= 11 is 0. The van der Waals surface area contributed by atoms with Gasteiger partial charge in [0, 0.05) is 11.4 Å². The Labute approximate surface area is 128 Å². The zero-order chi connectivity index (χ0) is 16.3. The molecule has 2 aromatic rings. The summed E-state index contributed by atoms with van der Waals surface area (Å²) < 4.78 is 31.1. The Hall–Kier alpha value is -2.38. The molecule has 22 heavy (non-hydrogen) atoms. The molecule has 0 bridgehead atoms. The maximum absolute atomic E-state index is 11.9. The van der Waals surface area contributed by atoms with Crippen LogP contribution in [-0.4, -0.2) is 19.0 Å². The molecule has 6 nitrogen and oxygen atoms in total. The van der Waals surface area contributed by atoms with Crippen molar-refractivity contribution < 1.29 is 17.8 Å². The lowest BCUT2D eigenvalue weighted by molar-refractivity contribution is 0.262. The fourth-order valence-corrected chi connectivity index (χ4v) is 2.37. The smallest absolute Gasteiger partial charge is 0.308 e. The van der Waals surface area contributed by atoms with Crippen LogP contribution in [0.1, 0.15) is 11.1 Å². The van der Waals surface area contributed by atoms with Gasteiger partial charge in [0.25, 0.3) is 10.1 Å². The maximum Gasteiger partial charge on any atom is 0.323 e. The minimum absolute atomic E-state index is 0.261. The second-order valence-corrected chi connectivity index (χ2v) is 6.30. The highest BCUT2D eigenvalue weighted by Crippen LogP contribution is 2.17. The maximum atomic E-state index is 11.9. The summed E-state index contributed by atoms with van der Waals surface area (Å²) in [5, 5.41) is 5.17. The van der Waals surface area contributed by atoms with Gasteiger partial charge in [-0.25, -0.2) is 4.79 Å². The van der Waals surface area contributed by atoms with E-state index >= 15 is 0 Å². The third-order valence-corrected chi connectivity index (χ3v) is 4.00. The van der Waals surface area contributed by atoms with Crippen molar-refractivity contribution in [1.82, 2.24) is 0 Å². The Morgan fingerprint density at radius 3 is 2.18 bits per heavy atom. The summed E-state index contributed by atoms with van der Waals surface area (Å²) in [4.78, 5) is 11.6.